The van der Waals surface area contributed by atoms with Crippen molar-refractivity contribution in [2.24, 2.45) is 20.7 Å². The summed E-state index contributed by atoms with van der Waals surface area (Å²) in [5.41, 5.74) is 8.98. The molecule has 0 aliphatic carbocycles. The maximum atomic E-state index is 11.6. The van der Waals surface area contributed by atoms with Gasteiger partial charge >= 0.3 is 0 Å². The lowest BCUT2D eigenvalue weighted by Crippen LogP contribution is -2.26. The van der Waals surface area contributed by atoms with Gasteiger partial charge in [0.15, 0.2) is 10.9 Å². The van der Waals surface area contributed by atoms with E-state index in [0.29, 0.717) is 17.9 Å². The lowest BCUT2D eigenvalue weighted by molar-refractivity contribution is -0.114. The van der Waals surface area contributed by atoms with Gasteiger partial charge in [0.1, 0.15) is 6.34 Å². The molecular weight excluding hydrogens is 352 g/mol. The van der Waals surface area contributed by atoms with Gasteiger partial charge in [-0.05, 0) is 41.9 Å². The number of nitrogens with two attached hydrogens (primary N) is 1. The van der Waals surface area contributed by atoms with Crippen LogP contribution >= 0.6 is 11.8 Å². The fraction of sp³-hybridized carbons (Fsp3) is 0.235. The van der Waals surface area contributed by atoms with E-state index in [0.717, 1.165) is 34.9 Å². The van der Waals surface area contributed by atoms with E-state index in [2.05, 4.69) is 25.2 Å². The van der Waals surface area contributed by atoms with E-state index < -0.39 is 5.91 Å². The molecule has 8 nitrogen and oxygen atoms in total. The van der Waals surface area contributed by atoms with Crippen LogP contribution in [0, 0.1) is 0 Å². The zero-order chi connectivity index (χ0) is 18.3. The summed E-state index contributed by atoms with van der Waals surface area (Å²) in [6.45, 7) is 2.22. The summed E-state index contributed by atoms with van der Waals surface area (Å²) in [7, 11) is 0. The van der Waals surface area contributed by atoms with Crippen LogP contribution < -0.4 is 16.0 Å². The van der Waals surface area contributed by atoms with Gasteiger partial charge in [-0.1, -0.05) is 0 Å². The first-order valence-corrected chi connectivity index (χ1v) is 8.89. The van der Waals surface area contributed by atoms with Crippen LogP contribution in [0.4, 0.5) is 11.4 Å². The lowest BCUT2D eigenvalue weighted by atomic mass is 10.1. The number of anilines is 2. The molecule has 1 aromatic carbocycles. The molecule has 0 spiro atoms. The standard InChI is InChI=1S/C17H16N6O2S/c1-9(24)21-11-2-3-13-10(6-11)4-5-23(13)16-12-7-14(19-8-20-16)26-17(22-12)15(18)25/h2-3,6,8H,4-5,7H2,1H3,(H2,18,25)(H,21,24). The average molecular weight is 368 g/mol. The fourth-order valence-electron chi connectivity index (χ4n) is 3.13. The quantitative estimate of drug-likeness (QED) is 0.844. The van der Waals surface area contributed by atoms with Gasteiger partial charge < -0.3 is 16.0 Å². The Morgan fingerprint density at radius 1 is 1.35 bits per heavy atom. The Labute approximate surface area is 154 Å². The molecule has 9 heteroatoms. The Hall–Kier alpha value is -2.94. The molecule has 3 aliphatic heterocycles. The third-order valence-corrected chi connectivity index (χ3v) is 5.14. The minimum absolute atomic E-state index is 0.101. The van der Waals surface area contributed by atoms with E-state index in [-0.39, 0.29) is 11.0 Å². The van der Waals surface area contributed by atoms with Crippen molar-refractivity contribution >= 4 is 51.4 Å². The van der Waals surface area contributed by atoms with E-state index in [9.17, 15) is 9.59 Å². The van der Waals surface area contributed by atoms with Gasteiger partial charge in [-0.25, -0.2) is 15.0 Å². The van der Waals surface area contributed by atoms with Crippen LogP contribution in [0.3, 0.4) is 0 Å². The second-order valence-corrected chi connectivity index (χ2v) is 7.09. The summed E-state index contributed by atoms with van der Waals surface area (Å²) in [5.74, 6) is 0.00699. The minimum Gasteiger partial charge on any atom is -0.364 e. The average Bonchev–Trinajstić information content (AvgIpc) is 2.94. The number of hydrogen-bond donors (Lipinski definition) is 2. The van der Waals surface area contributed by atoms with Crippen molar-refractivity contribution in [3.05, 3.63) is 35.3 Å². The van der Waals surface area contributed by atoms with Crippen LogP contribution in [-0.2, 0) is 16.0 Å². The highest BCUT2D eigenvalue weighted by atomic mass is 32.2. The first kappa shape index (κ1) is 16.5. The number of allylic oxidation sites excluding steroid dienone is 1. The summed E-state index contributed by atoms with van der Waals surface area (Å²) in [6.07, 6.45) is 2.84. The second-order valence-electron chi connectivity index (χ2n) is 6.02. The predicted octanol–water partition coefficient (Wildman–Crippen LogP) is 1.64. The van der Waals surface area contributed by atoms with Gasteiger partial charge in [0.05, 0.1) is 10.7 Å². The number of aliphatic imine (C=N–C) groups is 3. The zero-order valence-corrected chi connectivity index (χ0v) is 14.8. The molecule has 0 aromatic heterocycles. The molecule has 3 heterocycles. The molecule has 0 atom stereocenters. The van der Waals surface area contributed by atoms with Crippen molar-refractivity contribution in [1.29, 1.82) is 0 Å². The number of nitrogens with one attached hydrogen (secondary N) is 1. The van der Waals surface area contributed by atoms with Crippen LogP contribution in [0.1, 0.15) is 18.9 Å². The molecule has 132 valence electrons. The Bertz CT molecular complexity index is 947. The minimum atomic E-state index is -0.567. The maximum absolute atomic E-state index is 11.6. The van der Waals surface area contributed by atoms with Crippen LogP contribution in [0.25, 0.3) is 0 Å². The number of hydrogen-bond acceptors (Lipinski definition) is 7. The number of nitrogens with zero attached hydrogens (tertiary/aromatic N) is 4. The van der Waals surface area contributed by atoms with Gasteiger partial charge in [-0.3, -0.25) is 9.59 Å². The summed E-state index contributed by atoms with van der Waals surface area (Å²) in [5, 5.41) is 3.78. The highest BCUT2D eigenvalue weighted by molar-refractivity contribution is 8.28. The van der Waals surface area contributed by atoms with Gasteiger partial charge in [-0.15, -0.1) is 0 Å². The Kier molecular flexibility index (Phi) is 4.08. The molecule has 2 amide bonds. The molecule has 3 N–H and O–H groups in total. The van der Waals surface area contributed by atoms with E-state index in [1.807, 2.05) is 18.2 Å². The Morgan fingerprint density at radius 2 is 2.19 bits per heavy atom. The lowest BCUT2D eigenvalue weighted by Gasteiger charge is -2.22. The smallest absolute Gasteiger partial charge is 0.274 e. The molecule has 0 saturated carbocycles. The van der Waals surface area contributed by atoms with Crippen LogP contribution in [0.15, 0.2) is 44.7 Å². The van der Waals surface area contributed by atoms with Gasteiger partial charge in [0.25, 0.3) is 5.91 Å². The molecule has 0 fully saturated rings. The van der Waals surface area contributed by atoms with Crippen LogP contribution in [-0.4, -0.2) is 34.8 Å². The topological polar surface area (TPSA) is 113 Å². The van der Waals surface area contributed by atoms with E-state index in [4.69, 9.17) is 5.73 Å². The molecule has 0 saturated heterocycles. The van der Waals surface area contributed by atoms with Crippen molar-refractivity contribution in [3.63, 3.8) is 0 Å². The van der Waals surface area contributed by atoms with Crippen molar-refractivity contribution < 1.29 is 9.59 Å². The van der Waals surface area contributed by atoms with E-state index in [1.165, 1.54) is 25.0 Å². The number of rotatable bonds is 3. The van der Waals surface area contributed by atoms with Crippen molar-refractivity contribution in [3.8, 4) is 0 Å². The number of carbonyl (C=O) groups excluding carboxylic acids is 2. The molecule has 1 aromatic rings. The Morgan fingerprint density at radius 3 is 2.96 bits per heavy atom. The highest BCUT2D eigenvalue weighted by Crippen LogP contribution is 2.37. The second kappa shape index (κ2) is 6.41. The summed E-state index contributed by atoms with van der Waals surface area (Å²) in [4.78, 5) is 38.0. The number of amides is 2. The Balaban J connectivity index is 1.73. The third-order valence-electron chi connectivity index (χ3n) is 4.17. The summed E-state index contributed by atoms with van der Waals surface area (Å²) < 4.78 is 0. The number of fused-ring (bicyclic) bond motifs is 3. The molecule has 0 unspecified atom stereocenters. The largest absolute Gasteiger partial charge is 0.364 e. The zero-order valence-electron chi connectivity index (χ0n) is 14.0. The highest BCUT2D eigenvalue weighted by Gasteiger charge is 2.29. The first-order chi connectivity index (χ1) is 12.5. The monoisotopic (exact) mass is 368 g/mol. The molecule has 0 radical (unpaired) electrons. The predicted molar refractivity (Wildman–Crippen MR) is 104 cm³/mol. The van der Waals surface area contributed by atoms with Crippen molar-refractivity contribution in [2.75, 3.05) is 16.8 Å². The van der Waals surface area contributed by atoms with Gasteiger partial charge in [-0.2, -0.15) is 0 Å². The van der Waals surface area contributed by atoms with Crippen LogP contribution in [0.5, 0.6) is 0 Å². The molecule has 4 rings (SSSR count). The normalized spacial score (nSPS) is 18.1. The third kappa shape index (κ3) is 3.01. The molecule has 26 heavy (non-hydrogen) atoms. The van der Waals surface area contributed by atoms with Gasteiger partial charge in [0, 0.05) is 31.3 Å². The maximum Gasteiger partial charge on any atom is 0.274 e. The van der Waals surface area contributed by atoms with E-state index in [1.54, 1.807) is 0 Å². The summed E-state index contributed by atoms with van der Waals surface area (Å²) >= 11 is 1.19. The van der Waals surface area contributed by atoms with Crippen molar-refractivity contribution in [2.45, 2.75) is 19.8 Å². The summed E-state index contributed by atoms with van der Waals surface area (Å²) in [6, 6.07) is 5.79. The van der Waals surface area contributed by atoms with Crippen molar-refractivity contribution in [1.82, 2.24) is 0 Å². The van der Waals surface area contributed by atoms with E-state index >= 15 is 0 Å². The van der Waals surface area contributed by atoms with Gasteiger partial charge in [0.2, 0.25) is 5.91 Å². The van der Waals surface area contributed by atoms with Crippen LogP contribution in [0.2, 0.25) is 0 Å². The molecular formula is C17H16N6O2S. The fourth-order valence-corrected chi connectivity index (χ4v) is 3.92. The number of carbonyl (C=O) groups is 2. The first-order valence-electron chi connectivity index (χ1n) is 8.08. The SMILES string of the molecule is CC(=O)Nc1ccc2c(c1)CCN2C1=C2CC(=NC=N1)SC(C(N)=O)=N2. The number of thioether (sulfide) groups is 1. The molecule has 3 aliphatic rings. The number of benzene rings is 1. The molecule has 2 bridgehead atoms. The number of primary amides is 1.